The van der Waals surface area contributed by atoms with E-state index < -0.39 is 0 Å². The van der Waals surface area contributed by atoms with Crippen LogP contribution in [0.5, 0.6) is 0 Å². The van der Waals surface area contributed by atoms with Gasteiger partial charge in [-0.2, -0.15) is 0 Å². The Balaban J connectivity index is 2.25. The average Bonchev–Trinajstić information content (AvgIpc) is 2.77. The number of anilines is 1. The first kappa shape index (κ1) is 12.7. The number of hydrogen-bond acceptors (Lipinski definition) is 2. The van der Waals surface area contributed by atoms with E-state index in [4.69, 9.17) is 5.73 Å². The van der Waals surface area contributed by atoms with E-state index in [0.717, 1.165) is 29.9 Å². The lowest BCUT2D eigenvalue weighted by Crippen LogP contribution is -2.00. The molecule has 102 valence electrons. The van der Waals surface area contributed by atoms with Crippen molar-refractivity contribution in [1.29, 1.82) is 0 Å². The van der Waals surface area contributed by atoms with E-state index in [-0.39, 0.29) is 5.82 Å². The highest BCUT2D eigenvalue weighted by atomic mass is 19.1. The minimum Gasteiger partial charge on any atom is -0.399 e. The molecule has 0 aliphatic carbocycles. The van der Waals surface area contributed by atoms with Crippen LogP contribution >= 0.6 is 0 Å². The van der Waals surface area contributed by atoms with Gasteiger partial charge in [-0.1, -0.05) is 19.1 Å². The van der Waals surface area contributed by atoms with E-state index in [9.17, 15) is 4.39 Å². The number of nitrogens with zero attached hydrogens (tertiary/aromatic N) is 2. The number of fused-ring (bicyclic) bond motifs is 1. The van der Waals surface area contributed by atoms with Crippen molar-refractivity contribution in [2.24, 2.45) is 0 Å². The molecule has 2 N–H and O–H groups in total. The van der Waals surface area contributed by atoms with E-state index in [1.807, 2.05) is 24.3 Å². The van der Waals surface area contributed by atoms with Gasteiger partial charge in [0.05, 0.1) is 11.0 Å². The number of imidazole rings is 1. The van der Waals surface area contributed by atoms with Gasteiger partial charge < -0.3 is 10.3 Å². The van der Waals surface area contributed by atoms with Crippen molar-refractivity contribution in [2.75, 3.05) is 5.73 Å². The molecule has 20 heavy (non-hydrogen) atoms. The van der Waals surface area contributed by atoms with Gasteiger partial charge >= 0.3 is 0 Å². The number of halogens is 1. The molecule has 0 unspecified atom stereocenters. The molecule has 3 rings (SSSR count). The lowest BCUT2D eigenvalue weighted by molar-refractivity contribution is 0.629. The molecule has 4 heteroatoms. The molecule has 0 saturated carbocycles. The third-order valence-corrected chi connectivity index (χ3v) is 3.30. The number of nitrogens with two attached hydrogens (primary N) is 1. The number of rotatable bonds is 3. The number of benzene rings is 2. The second kappa shape index (κ2) is 4.96. The predicted octanol–water partition coefficient (Wildman–Crippen LogP) is 3.83. The van der Waals surface area contributed by atoms with Crippen LogP contribution in [0.4, 0.5) is 10.1 Å². The number of nitrogen functional groups attached to an aromatic ring is 1. The summed E-state index contributed by atoms with van der Waals surface area (Å²) in [7, 11) is 0. The Morgan fingerprint density at radius 1 is 1.20 bits per heavy atom. The van der Waals surface area contributed by atoms with Crippen molar-refractivity contribution in [3.05, 3.63) is 48.3 Å². The molecule has 0 radical (unpaired) electrons. The van der Waals surface area contributed by atoms with Crippen LogP contribution in [0.2, 0.25) is 0 Å². The highest BCUT2D eigenvalue weighted by molar-refractivity contribution is 5.81. The lowest BCUT2D eigenvalue weighted by atomic mass is 10.2. The van der Waals surface area contributed by atoms with E-state index in [2.05, 4.69) is 16.5 Å². The van der Waals surface area contributed by atoms with Gasteiger partial charge in [0.1, 0.15) is 11.6 Å². The van der Waals surface area contributed by atoms with Crippen LogP contribution in [0.3, 0.4) is 0 Å². The van der Waals surface area contributed by atoms with Crippen LogP contribution in [-0.4, -0.2) is 9.55 Å². The van der Waals surface area contributed by atoms with Gasteiger partial charge in [0.25, 0.3) is 0 Å². The molecule has 0 amide bonds. The molecule has 0 aliphatic heterocycles. The number of aryl methyl sites for hydroxylation is 1. The summed E-state index contributed by atoms with van der Waals surface area (Å²) in [4.78, 5) is 4.57. The van der Waals surface area contributed by atoms with E-state index in [0.29, 0.717) is 11.2 Å². The van der Waals surface area contributed by atoms with Crippen molar-refractivity contribution >= 4 is 16.7 Å². The molecule has 0 fully saturated rings. The van der Waals surface area contributed by atoms with E-state index in [1.165, 1.54) is 12.1 Å². The SMILES string of the molecule is CCCn1c(-c2cccc(N)c2)nc2cc(F)ccc21. The van der Waals surface area contributed by atoms with Crippen LogP contribution in [0.25, 0.3) is 22.4 Å². The zero-order chi connectivity index (χ0) is 14.1. The van der Waals surface area contributed by atoms with Crippen molar-refractivity contribution in [1.82, 2.24) is 9.55 Å². The smallest absolute Gasteiger partial charge is 0.141 e. The maximum Gasteiger partial charge on any atom is 0.141 e. The van der Waals surface area contributed by atoms with Crippen LogP contribution < -0.4 is 5.73 Å². The summed E-state index contributed by atoms with van der Waals surface area (Å²) in [6, 6.07) is 12.3. The van der Waals surface area contributed by atoms with Crippen LogP contribution in [0, 0.1) is 5.82 Å². The zero-order valence-electron chi connectivity index (χ0n) is 11.3. The average molecular weight is 269 g/mol. The summed E-state index contributed by atoms with van der Waals surface area (Å²) >= 11 is 0. The van der Waals surface area contributed by atoms with Crippen LogP contribution in [-0.2, 0) is 6.54 Å². The Hall–Kier alpha value is -2.36. The minimum atomic E-state index is -0.266. The third-order valence-electron chi connectivity index (χ3n) is 3.30. The Kier molecular flexibility index (Phi) is 3.14. The fourth-order valence-electron chi connectivity index (χ4n) is 2.45. The van der Waals surface area contributed by atoms with Crippen molar-refractivity contribution in [3.8, 4) is 11.4 Å². The highest BCUT2D eigenvalue weighted by Gasteiger charge is 2.12. The Morgan fingerprint density at radius 2 is 2.05 bits per heavy atom. The first-order valence-corrected chi connectivity index (χ1v) is 6.70. The van der Waals surface area contributed by atoms with Gasteiger partial charge in [-0.3, -0.25) is 0 Å². The Bertz CT molecular complexity index is 762. The molecule has 1 aromatic heterocycles. The molecular formula is C16H16FN3. The summed E-state index contributed by atoms with van der Waals surface area (Å²) < 4.78 is 15.5. The van der Waals surface area contributed by atoms with Crippen LogP contribution in [0.15, 0.2) is 42.5 Å². The monoisotopic (exact) mass is 269 g/mol. The first-order chi connectivity index (χ1) is 9.69. The molecule has 3 nitrogen and oxygen atoms in total. The second-order valence-electron chi connectivity index (χ2n) is 4.85. The molecule has 0 saturated heterocycles. The standard InChI is InChI=1S/C16H16FN3/c1-2-8-20-15-7-6-12(17)10-14(15)19-16(20)11-4-3-5-13(18)9-11/h3-7,9-10H,2,8,18H2,1H3. The maximum absolute atomic E-state index is 13.4. The van der Waals surface area contributed by atoms with Gasteiger partial charge in [0.15, 0.2) is 0 Å². The maximum atomic E-state index is 13.4. The minimum absolute atomic E-state index is 0.266. The summed E-state index contributed by atoms with van der Waals surface area (Å²) in [6.07, 6.45) is 0.984. The van der Waals surface area contributed by atoms with Gasteiger partial charge in [-0.05, 0) is 30.7 Å². The molecule has 0 atom stereocenters. The van der Waals surface area contributed by atoms with E-state index >= 15 is 0 Å². The largest absolute Gasteiger partial charge is 0.399 e. The first-order valence-electron chi connectivity index (χ1n) is 6.70. The Labute approximate surface area is 116 Å². The molecule has 0 aliphatic rings. The highest BCUT2D eigenvalue weighted by Crippen LogP contribution is 2.26. The molecule has 1 heterocycles. The molecule has 2 aromatic carbocycles. The van der Waals surface area contributed by atoms with Gasteiger partial charge in [0, 0.05) is 23.9 Å². The Morgan fingerprint density at radius 3 is 2.80 bits per heavy atom. The van der Waals surface area contributed by atoms with Crippen LogP contribution in [0.1, 0.15) is 13.3 Å². The summed E-state index contributed by atoms with van der Waals surface area (Å²) in [5.41, 5.74) is 9.12. The van der Waals surface area contributed by atoms with Crippen molar-refractivity contribution in [2.45, 2.75) is 19.9 Å². The van der Waals surface area contributed by atoms with Gasteiger partial charge in [0.2, 0.25) is 0 Å². The molecular weight excluding hydrogens is 253 g/mol. The summed E-state index contributed by atoms with van der Waals surface area (Å²) in [5.74, 6) is 0.567. The topological polar surface area (TPSA) is 43.8 Å². The zero-order valence-corrected chi connectivity index (χ0v) is 11.3. The molecule has 3 aromatic rings. The van der Waals surface area contributed by atoms with E-state index in [1.54, 1.807) is 6.07 Å². The fourth-order valence-corrected chi connectivity index (χ4v) is 2.45. The summed E-state index contributed by atoms with van der Waals surface area (Å²) in [5, 5.41) is 0. The number of hydrogen-bond donors (Lipinski definition) is 1. The fraction of sp³-hybridized carbons (Fsp3) is 0.188. The third kappa shape index (κ3) is 2.13. The van der Waals surface area contributed by atoms with Gasteiger partial charge in [-0.15, -0.1) is 0 Å². The molecule has 0 spiro atoms. The van der Waals surface area contributed by atoms with Crippen molar-refractivity contribution < 1.29 is 4.39 Å². The molecule has 0 bridgehead atoms. The lowest BCUT2D eigenvalue weighted by Gasteiger charge is -2.08. The van der Waals surface area contributed by atoms with Gasteiger partial charge in [-0.25, -0.2) is 9.37 Å². The quantitative estimate of drug-likeness (QED) is 0.734. The second-order valence-corrected chi connectivity index (χ2v) is 4.85. The number of aromatic nitrogens is 2. The summed E-state index contributed by atoms with van der Waals surface area (Å²) in [6.45, 7) is 2.95. The predicted molar refractivity (Wildman–Crippen MR) is 79.8 cm³/mol. The van der Waals surface area contributed by atoms with Crippen molar-refractivity contribution in [3.63, 3.8) is 0 Å². The normalized spacial score (nSPS) is 11.1.